The largest absolute Gasteiger partial charge is 0.488 e. The van der Waals surface area contributed by atoms with E-state index >= 15 is 0 Å². The summed E-state index contributed by atoms with van der Waals surface area (Å²) < 4.78 is 6.62. The average molecular weight is 328 g/mol. The highest BCUT2D eigenvalue weighted by molar-refractivity contribution is 9.10. The van der Waals surface area contributed by atoms with Crippen molar-refractivity contribution in [2.75, 3.05) is 0 Å². The van der Waals surface area contributed by atoms with E-state index in [1.54, 1.807) is 30.4 Å². The fraction of sp³-hybridized carbons (Fsp3) is 0.167. The molecule has 0 amide bonds. The fourth-order valence-corrected chi connectivity index (χ4v) is 2.88. The molecule has 0 radical (unpaired) electrons. The highest BCUT2D eigenvalue weighted by atomic mass is 79.9. The monoisotopic (exact) mass is 327 g/mol. The quantitative estimate of drug-likeness (QED) is 0.621. The Bertz CT molecular complexity index is 582. The SMILES string of the molecule is Cc1cc(OCc2sccc2Br)ccc1[N+](=O)[O-]. The smallest absolute Gasteiger partial charge is 0.272 e. The van der Waals surface area contributed by atoms with Gasteiger partial charge in [-0.15, -0.1) is 11.3 Å². The zero-order chi connectivity index (χ0) is 13.1. The van der Waals surface area contributed by atoms with E-state index in [9.17, 15) is 10.1 Å². The van der Waals surface area contributed by atoms with Gasteiger partial charge in [-0.1, -0.05) is 0 Å². The Kier molecular flexibility index (Phi) is 3.98. The molecule has 6 heteroatoms. The third kappa shape index (κ3) is 2.88. The summed E-state index contributed by atoms with van der Waals surface area (Å²) in [7, 11) is 0. The Balaban J connectivity index is 2.09. The molecule has 0 aliphatic carbocycles. The Hall–Kier alpha value is -1.40. The van der Waals surface area contributed by atoms with Crippen molar-refractivity contribution in [2.24, 2.45) is 0 Å². The van der Waals surface area contributed by atoms with Gasteiger partial charge in [0, 0.05) is 16.1 Å². The van der Waals surface area contributed by atoms with E-state index in [0.29, 0.717) is 17.9 Å². The molecule has 0 saturated carbocycles. The number of rotatable bonds is 4. The molecule has 1 aromatic heterocycles. The van der Waals surface area contributed by atoms with Gasteiger partial charge in [0.05, 0.1) is 9.80 Å². The summed E-state index contributed by atoms with van der Waals surface area (Å²) in [5.74, 6) is 0.637. The molecule has 0 N–H and O–H groups in total. The standard InChI is InChI=1S/C12H10BrNO3S/c1-8-6-9(2-3-11(8)14(15)16)17-7-12-10(13)4-5-18-12/h2-6H,7H2,1H3. The predicted molar refractivity (Wildman–Crippen MR) is 74.2 cm³/mol. The van der Waals surface area contributed by atoms with Crippen LogP contribution in [0.2, 0.25) is 0 Å². The summed E-state index contributed by atoms with van der Waals surface area (Å²) in [4.78, 5) is 11.4. The topological polar surface area (TPSA) is 52.4 Å². The number of nitro groups is 1. The summed E-state index contributed by atoms with van der Waals surface area (Å²) in [6.45, 7) is 2.15. The van der Waals surface area contributed by atoms with Crippen LogP contribution in [0.3, 0.4) is 0 Å². The minimum atomic E-state index is -0.394. The van der Waals surface area contributed by atoms with Crippen LogP contribution in [0.4, 0.5) is 5.69 Å². The Morgan fingerprint density at radius 3 is 2.78 bits per heavy atom. The predicted octanol–water partition coefficient (Wildman–Crippen LogP) is 4.31. The molecule has 4 nitrogen and oxygen atoms in total. The zero-order valence-electron chi connectivity index (χ0n) is 9.55. The molecule has 0 unspecified atom stereocenters. The van der Waals surface area contributed by atoms with Crippen molar-refractivity contribution >= 4 is 33.0 Å². The summed E-state index contributed by atoms with van der Waals surface area (Å²) in [6.07, 6.45) is 0. The van der Waals surface area contributed by atoms with Crippen molar-refractivity contribution in [3.63, 3.8) is 0 Å². The molecule has 18 heavy (non-hydrogen) atoms. The Morgan fingerprint density at radius 2 is 2.22 bits per heavy atom. The van der Waals surface area contributed by atoms with E-state index in [0.717, 1.165) is 9.35 Å². The van der Waals surface area contributed by atoms with E-state index in [-0.39, 0.29) is 5.69 Å². The number of nitrogens with zero attached hydrogens (tertiary/aromatic N) is 1. The first-order valence-electron chi connectivity index (χ1n) is 5.17. The Morgan fingerprint density at radius 1 is 1.44 bits per heavy atom. The molecule has 1 heterocycles. The molecule has 0 spiro atoms. The second-order valence-corrected chi connectivity index (χ2v) is 5.54. The highest BCUT2D eigenvalue weighted by Gasteiger charge is 2.11. The van der Waals surface area contributed by atoms with Gasteiger partial charge in [-0.25, -0.2) is 0 Å². The molecule has 0 bridgehead atoms. The molecule has 0 aliphatic heterocycles. The maximum Gasteiger partial charge on any atom is 0.272 e. The normalized spacial score (nSPS) is 10.3. The zero-order valence-corrected chi connectivity index (χ0v) is 12.0. The van der Waals surface area contributed by atoms with Crippen molar-refractivity contribution in [3.8, 4) is 5.75 Å². The number of nitro benzene ring substituents is 1. The van der Waals surface area contributed by atoms with E-state index in [4.69, 9.17) is 4.74 Å². The van der Waals surface area contributed by atoms with Crippen LogP contribution in [0.5, 0.6) is 5.75 Å². The first-order chi connectivity index (χ1) is 8.58. The molecular weight excluding hydrogens is 318 g/mol. The van der Waals surface area contributed by atoms with Gasteiger partial charge in [0.2, 0.25) is 0 Å². The molecular formula is C12H10BrNO3S. The number of ether oxygens (including phenoxy) is 1. The van der Waals surface area contributed by atoms with Crippen molar-refractivity contribution in [2.45, 2.75) is 13.5 Å². The first-order valence-corrected chi connectivity index (χ1v) is 6.85. The van der Waals surface area contributed by atoms with Gasteiger partial charge < -0.3 is 4.74 Å². The molecule has 94 valence electrons. The lowest BCUT2D eigenvalue weighted by Crippen LogP contribution is -1.96. The molecule has 0 saturated heterocycles. The molecule has 0 atom stereocenters. The van der Waals surface area contributed by atoms with Gasteiger partial charge in [0.25, 0.3) is 5.69 Å². The summed E-state index contributed by atoms with van der Waals surface area (Å²) >= 11 is 5.03. The van der Waals surface area contributed by atoms with Gasteiger partial charge in [-0.3, -0.25) is 10.1 Å². The van der Waals surface area contributed by atoms with Crippen molar-refractivity contribution < 1.29 is 9.66 Å². The van der Waals surface area contributed by atoms with E-state index < -0.39 is 4.92 Å². The molecule has 0 fully saturated rings. The molecule has 2 aromatic rings. The average Bonchev–Trinajstić information content (AvgIpc) is 2.72. The Labute approximate surface area is 116 Å². The molecule has 0 aliphatic rings. The van der Waals surface area contributed by atoms with Crippen LogP contribution in [0.25, 0.3) is 0 Å². The van der Waals surface area contributed by atoms with Crippen LogP contribution in [-0.4, -0.2) is 4.92 Å². The van der Waals surface area contributed by atoms with Crippen LogP contribution in [0, 0.1) is 17.0 Å². The van der Waals surface area contributed by atoms with Crippen molar-refractivity contribution in [3.05, 3.63) is 54.7 Å². The van der Waals surface area contributed by atoms with Crippen LogP contribution in [-0.2, 0) is 6.61 Å². The lowest BCUT2D eigenvalue weighted by Gasteiger charge is -2.06. The van der Waals surface area contributed by atoms with Crippen LogP contribution < -0.4 is 4.74 Å². The van der Waals surface area contributed by atoms with Crippen LogP contribution in [0.1, 0.15) is 10.4 Å². The number of aryl methyl sites for hydroxylation is 1. The van der Waals surface area contributed by atoms with Gasteiger partial charge in [0.1, 0.15) is 12.4 Å². The second kappa shape index (κ2) is 5.49. The maximum absolute atomic E-state index is 10.7. The number of hydrogen-bond donors (Lipinski definition) is 0. The summed E-state index contributed by atoms with van der Waals surface area (Å²) in [5, 5.41) is 12.7. The lowest BCUT2D eigenvalue weighted by molar-refractivity contribution is -0.385. The number of hydrogen-bond acceptors (Lipinski definition) is 4. The van der Waals surface area contributed by atoms with E-state index in [1.807, 2.05) is 11.4 Å². The number of halogens is 1. The molecule has 2 rings (SSSR count). The van der Waals surface area contributed by atoms with Gasteiger partial charge in [-0.2, -0.15) is 0 Å². The summed E-state index contributed by atoms with van der Waals surface area (Å²) in [5.41, 5.74) is 0.711. The lowest BCUT2D eigenvalue weighted by atomic mass is 10.2. The number of thiophene rings is 1. The summed E-state index contributed by atoms with van der Waals surface area (Å²) in [6, 6.07) is 6.73. The van der Waals surface area contributed by atoms with E-state index in [1.165, 1.54) is 6.07 Å². The first kappa shape index (κ1) is 13.0. The minimum Gasteiger partial charge on any atom is -0.488 e. The number of benzene rings is 1. The van der Waals surface area contributed by atoms with E-state index in [2.05, 4.69) is 15.9 Å². The third-order valence-electron chi connectivity index (χ3n) is 2.43. The fourth-order valence-electron chi connectivity index (χ4n) is 1.50. The maximum atomic E-state index is 10.7. The van der Waals surface area contributed by atoms with Gasteiger partial charge >= 0.3 is 0 Å². The van der Waals surface area contributed by atoms with Crippen LogP contribution >= 0.6 is 27.3 Å². The van der Waals surface area contributed by atoms with Crippen LogP contribution in [0.15, 0.2) is 34.1 Å². The van der Waals surface area contributed by atoms with Gasteiger partial charge in [0.15, 0.2) is 0 Å². The molecule has 1 aromatic carbocycles. The van der Waals surface area contributed by atoms with Gasteiger partial charge in [-0.05, 0) is 46.4 Å². The minimum absolute atomic E-state index is 0.111. The third-order valence-corrected chi connectivity index (χ3v) is 4.33. The van der Waals surface area contributed by atoms with Crippen molar-refractivity contribution in [1.82, 2.24) is 0 Å². The van der Waals surface area contributed by atoms with Crippen molar-refractivity contribution in [1.29, 1.82) is 0 Å². The second-order valence-electron chi connectivity index (χ2n) is 3.69. The highest BCUT2D eigenvalue weighted by Crippen LogP contribution is 2.26.